The zero-order valence-electron chi connectivity index (χ0n) is 11.7. The van der Waals surface area contributed by atoms with E-state index < -0.39 is 0 Å². The Morgan fingerprint density at radius 2 is 1.76 bits per heavy atom. The van der Waals surface area contributed by atoms with Gasteiger partial charge in [0.2, 0.25) is 0 Å². The summed E-state index contributed by atoms with van der Waals surface area (Å²) in [5, 5.41) is 2.96. The summed E-state index contributed by atoms with van der Waals surface area (Å²) >= 11 is 3.31. The van der Waals surface area contributed by atoms with E-state index in [2.05, 4.69) is 15.9 Å². The molecule has 0 N–H and O–H groups in total. The molecule has 0 atom stereocenters. The molecular formula is C17H17BrO3. The number of rotatable bonds is 7. The Labute approximate surface area is 132 Å². The largest absolute Gasteiger partial charge is 0.457 e. The number of ketones is 1. The van der Waals surface area contributed by atoms with Gasteiger partial charge in [-0.1, -0.05) is 52.3 Å². The molecule has 0 aliphatic rings. The SMILES string of the molecule is O=C(CCCCBr)OCC(=O)c1ccc2ccccc2c1. The van der Waals surface area contributed by atoms with Crippen LogP contribution in [0.4, 0.5) is 0 Å². The smallest absolute Gasteiger partial charge is 0.306 e. The summed E-state index contributed by atoms with van der Waals surface area (Å²) in [5.41, 5.74) is 0.571. The molecule has 0 amide bonds. The first kappa shape index (κ1) is 15.7. The van der Waals surface area contributed by atoms with Crippen LogP contribution in [-0.2, 0) is 9.53 Å². The van der Waals surface area contributed by atoms with Crippen LogP contribution in [0.5, 0.6) is 0 Å². The molecule has 0 aliphatic heterocycles. The number of hydrogen-bond acceptors (Lipinski definition) is 3. The third-order valence-electron chi connectivity index (χ3n) is 3.20. The predicted octanol–water partition coefficient (Wildman–Crippen LogP) is 4.13. The summed E-state index contributed by atoms with van der Waals surface area (Å²) in [6, 6.07) is 13.3. The van der Waals surface area contributed by atoms with Gasteiger partial charge in [-0.25, -0.2) is 0 Å². The second-order valence-corrected chi connectivity index (χ2v) is 5.58. The molecule has 0 heterocycles. The van der Waals surface area contributed by atoms with Crippen molar-refractivity contribution < 1.29 is 14.3 Å². The molecule has 2 aromatic rings. The summed E-state index contributed by atoms with van der Waals surface area (Å²) in [7, 11) is 0. The standard InChI is InChI=1S/C17H17BrO3/c18-10-4-3-7-17(20)21-12-16(19)15-9-8-13-5-1-2-6-14(13)11-15/h1-2,5-6,8-9,11H,3-4,7,10,12H2. The lowest BCUT2D eigenvalue weighted by atomic mass is 10.0. The molecule has 0 radical (unpaired) electrons. The van der Waals surface area contributed by atoms with E-state index in [0.29, 0.717) is 12.0 Å². The minimum Gasteiger partial charge on any atom is -0.457 e. The van der Waals surface area contributed by atoms with E-state index in [4.69, 9.17) is 4.74 Å². The first-order chi connectivity index (χ1) is 10.2. The van der Waals surface area contributed by atoms with Crippen molar-refractivity contribution in [1.82, 2.24) is 0 Å². The van der Waals surface area contributed by atoms with Gasteiger partial charge >= 0.3 is 5.97 Å². The van der Waals surface area contributed by atoms with E-state index in [9.17, 15) is 9.59 Å². The number of carbonyl (C=O) groups excluding carboxylic acids is 2. The van der Waals surface area contributed by atoms with Crippen LogP contribution in [-0.4, -0.2) is 23.7 Å². The number of esters is 1. The molecule has 0 aromatic heterocycles. The highest BCUT2D eigenvalue weighted by atomic mass is 79.9. The first-order valence-corrected chi connectivity index (χ1v) is 8.06. The van der Waals surface area contributed by atoms with Gasteiger partial charge in [-0.2, -0.15) is 0 Å². The molecule has 0 spiro atoms. The van der Waals surface area contributed by atoms with Crippen molar-refractivity contribution in [2.75, 3.05) is 11.9 Å². The lowest BCUT2D eigenvalue weighted by Crippen LogP contribution is -2.14. The lowest BCUT2D eigenvalue weighted by molar-refractivity contribution is -0.142. The number of alkyl halides is 1. The van der Waals surface area contributed by atoms with Gasteiger partial charge in [0.15, 0.2) is 12.4 Å². The normalized spacial score (nSPS) is 10.5. The molecular weight excluding hydrogens is 332 g/mol. The summed E-state index contributed by atoms with van der Waals surface area (Å²) in [6.45, 7) is -0.189. The molecule has 0 fully saturated rings. The van der Waals surface area contributed by atoms with Gasteiger partial charge in [0.05, 0.1) is 0 Å². The topological polar surface area (TPSA) is 43.4 Å². The quantitative estimate of drug-likeness (QED) is 0.327. The Hall–Kier alpha value is -1.68. The Kier molecular flexibility index (Phi) is 5.93. The molecule has 0 saturated heterocycles. The van der Waals surface area contributed by atoms with E-state index in [-0.39, 0.29) is 18.4 Å². The lowest BCUT2D eigenvalue weighted by Gasteiger charge is -2.05. The zero-order chi connectivity index (χ0) is 15.1. The molecule has 0 aliphatic carbocycles. The summed E-state index contributed by atoms with van der Waals surface area (Å²) in [5.74, 6) is -0.486. The zero-order valence-corrected chi connectivity index (χ0v) is 13.3. The minimum absolute atomic E-state index is 0.172. The maximum atomic E-state index is 12.0. The van der Waals surface area contributed by atoms with Crippen LogP contribution in [0.15, 0.2) is 42.5 Å². The molecule has 0 unspecified atom stereocenters. The van der Waals surface area contributed by atoms with Crippen molar-refractivity contribution in [2.45, 2.75) is 19.3 Å². The second-order valence-electron chi connectivity index (χ2n) is 4.79. The van der Waals surface area contributed by atoms with Crippen LogP contribution in [0.1, 0.15) is 29.6 Å². The molecule has 3 nitrogen and oxygen atoms in total. The molecule has 0 saturated carbocycles. The van der Waals surface area contributed by atoms with Crippen molar-refractivity contribution >= 4 is 38.5 Å². The average molecular weight is 349 g/mol. The monoisotopic (exact) mass is 348 g/mol. The molecule has 2 aromatic carbocycles. The first-order valence-electron chi connectivity index (χ1n) is 6.94. The number of Topliss-reactive ketones (excluding diaryl/α,β-unsaturated/α-hetero) is 1. The van der Waals surface area contributed by atoms with E-state index in [1.807, 2.05) is 36.4 Å². The van der Waals surface area contributed by atoms with Crippen molar-refractivity contribution in [1.29, 1.82) is 0 Å². The highest BCUT2D eigenvalue weighted by Crippen LogP contribution is 2.16. The minimum atomic E-state index is -0.315. The number of hydrogen-bond donors (Lipinski definition) is 0. The molecule has 2 rings (SSSR count). The Balaban J connectivity index is 1.91. The van der Waals surface area contributed by atoms with E-state index in [1.54, 1.807) is 6.07 Å². The fraction of sp³-hybridized carbons (Fsp3) is 0.294. The number of halogens is 1. The van der Waals surface area contributed by atoms with Gasteiger partial charge in [0.25, 0.3) is 0 Å². The van der Waals surface area contributed by atoms with Gasteiger partial charge in [-0.15, -0.1) is 0 Å². The van der Waals surface area contributed by atoms with Crippen molar-refractivity contribution in [3.05, 3.63) is 48.0 Å². The number of ether oxygens (including phenoxy) is 1. The van der Waals surface area contributed by atoms with E-state index in [0.717, 1.165) is 28.9 Å². The summed E-state index contributed by atoms with van der Waals surface area (Å²) in [4.78, 5) is 23.5. The number of benzene rings is 2. The summed E-state index contributed by atoms with van der Waals surface area (Å²) < 4.78 is 5.01. The second kappa shape index (κ2) is 7.93. The Bertz CT molecular complexity index is 637. The van der Waals surface area contributed by atoms with Crippen LogP contribution in [0, 0.1) is 0 Å². The van der Waals surface area contributed by atoms with Crippen LogP contribution in [0.2, 0.25) is 0 Å². The van der Waals surface area contributed by atoms with Crippen molar-refractivity contribution in [3.8, 4) is 0 Å². The molecule has 0 bridgehead atoms. The Morgan fingerprint density at radius 1 is 1.00 bits per heavy atom. The van der Waals surface area contributed by atoms with E-state index in [1.165, 1.54) is 0 Å². The van der Waals surface area contributed by atoms with Crippen LogP contribution in [0.3, 0.4) is 0 Å². The number of unbranched alkanes of at least 4 members (excludes halogenated alkanes) is 1. The summed E-state index contributed by atoms with van der Waals surface area (Å²) in [6.07, 6.45) is 2.05. The Morgan fingerprint density at radius 3 is 2.52 bits per heavy atom. The maximum Gasteiger partial charge on any atom is 0.306 e. The van der Waals surface area contributed by atoms with Crippen molar-refractivity contribution in [2.24, 2.45) is 0 Å². The maximum absolute atomic E-state index is 12.0. The fourth-order valence-electron chi connectivity index (χ4n) is 2.03. The van der Waals surface area contributed by atoms with Gasteiger partial charge in [0.1, 0.15) is 0 Å². The van der Waals surface area contributed by atoms with Crippen molar-refractivity contribution in [3.63, 3.8) is 0 Å². The van der Waals surface area contributed by atoms with E-state index >= 15 is 0 Å². The highest BCUT2D eigenvalue weighted by molar-refractivity contribution is 9.09. The van der Waals surface area contributed by atoms with Gasteiger partial charge in [-0.05, 0) is 29.7 Å². The molecule has 21 heavy (non-hydrogen) atoms. The predicted molar refractivity (Wildman–Crippen MR) is 86.9 cm³/mol. The molecule has 110 valence electrons. The number of carbonyl (C=O) groups is 2. The van der Waals surface area contributed by atoms with Gasteiger partial charge < -0.3 is 4.74 Å². The third kappa shape index (κ3) is 4.67. The van der Waals surface area contributed by atoms with Crippen LogP contribution >= 0.6 is 15.9 Å². The number of fused-ring (bicyclic) bond motifs is 1. The van der Waals surface area contributed by atoms with Crippen LogP contribution < -0.4 is 0 Å². The average Bonchev–Trinajstić information content (AvgIpc) is 2.52. The van der Waals surface area contributed by atoms with Gasteiger partial charge in [-0.3, -0.25) is 9.59 Å². The third-order valence-corrected chi connectivity index (χ3v) is 3.76. The van der Waals surface area contributed by atoms with Crippen LogP contribution in [0.25, 0.3) is 10.8 Å². The molecule has 4 heteroatoms. The highest BCUT2D eigenvalue weighted by Gasteiger charge is 2.10. The fourth-order valence-corrected chi connectivity index (χ4v) is 2.42. The van der Waals surface area contributed by atoms with Gasteiger partial charge in [0, 0.05) is 17.3 Å².